The number of hydrogen-bond donors (Lipinski definition) is 1. The SMILES string of the molecule is CCOCCCNC(=S)N1CCN(C)CC1. The lowest BCUT2D eigenvalue weighted by Crippen LogP contribution is -2.50. The molecule has 0 spiro atoms. The predicted molar refractivity (Wildman–Crippen MR) is 70.8 cm³/mol. The zero-order chi connectivity index (χ0) is 11.8. The maximum absolute atomic E-state index is 5.35. The molecular formula is C11H23N3OS. The summed E-state index contributed by atoms with van der Waals surface area (Å²) in [6.45, 7) is 8.80. The van der Waals surface area contributed by atoms with E-state index < -0.39 is 0 Å². The third kappa shape index (κ3) is 5.09. The van der Waals surface area contributed by atoms with Crippen molar-refractivity contribution in [3.8, 4) is 0 Å². The maximum atomic E-state index is 5.35. The second-order valence-electron chi connectivity index (χ2n) is 4.07. The molecular weight excluding hydrogens is 222 g/mol. The highest BCUT2D eigenvalue weighted by molar-refractivity contribution is 7.80. The van der Waals surface area contributed by atoms with Crippen LogP contribution in [0.1, 0.15) is 13.3 Å². The highest BCUT2D eigenvalue weighted by Crippen LogP contribution is 1.99. The van der Waals surface area contributed by atoms with E-state index in [1.807, 2.05) is 6.92 Å². The van der Waals surface area contributed by atoms with Crippen LogP contribution >= 0.6 is 12.2 Å². The van der Waals surface area contributed by atoms with Gasteiger partial charge in [-0.15, -0.1) is 0 Å². The summed E-state index contributed by atoms with van der Waals surface area (Å²) in [5, 5.41) is 4.18. The molecule has 16 heavy (non-hydrogen) atoms. The van der Waals surface area contributed by atoms with Crippen LogP contribution in [0.3, 0.4) is 0 Å². The van der Waals surface area contributed by atoms with Gasteiger partial charge in [0, 0.05) is 45.9 Å². The molecule has 0 aromatic carbocycles. The van der Waals surface area contributed by atoms with Gasteiger partial charge in [0.05, 0.1) is 0 Å². The third-order valence-corrected chi connectivity index (χ3v) is 3.14. The third-order valence-electron chi connectivity index (χ3n) is 2.74. The highest BCUT2D eigenvalue weighted by Gasteiger charge is 2.15. The first-order valence-electron chi connectivity index (χ1n) is 6.03. The maximum Gasteiger partial charge on any atom is 0.169 e. The van der Waals surface area contributed by atoms with Crippen molar-refractivity contribution in [2.24, 2.45) is 0 Å². The summed E-state index contributed by atoms with van der Waals surface area (Å²) in [7, 11) is 2.15. The van der Waals surface area contributed by atoms with Crippen molar-refractivity contribution < 1.29 is 4.74 Å². The molecule has 1 aliphatic rings. The summed E-state index contributed by atoms with van der Waals surface area (Å²) >= 11 is 5.35. The highest BCUT2D eigenvalue weighted by atomic mass is 32.1. The molecule has 0 unspecified atom stereocenters. The standard InChI is InChI=1S/C11H23N3OS/c1-3-15-10-4-5-12-11(16)14-8-6-13(2)7-9-14/h3-10H2,1-2H3,(H,12,16). The van der Waals surface area contributed by atoms with Crippen LogP contribution < -0.4 is 5.32 Å². The van der Waals surface area contributed by atoms with E-state index in [2.05, 4.69) is 22.2 Å². The number of nitrogens with one attached hydrogen (secondary N) is 1. The van der Waals surface area contributed by atoms with Crippen molar-refractivity contribution in [3.63, 3.8) is 0 Å². The molecule has 1 saturated heterocycles. The van der Waals surface area contributed by atoms with Crippen LogP contribution in [0.5, 0.6) is 0 Å². The Bertz CT molecular complexity index is 205. The molecule has 0 bridgehead atoms. The lowest BCUT2D eigenvalue weighted by molar-refractivity contribution is 0.145. The fourth-order valence-corrected chi connectivity index (χ4v) is 1.92. The molecule has 0 saturated carbocycles. The summed E-state index contributed by atoms with van der Waals surface area (Å²) in [5.74, 6) is 0. The molecule has 0 aliphatic carbocycles. The Hall–Kier alpha value is -0.390. The molecule has 94 valence electrons. The number of rotatable bonds is 5. The minimum atomic E-state index is 0.795. The van der Waals surface area contributed by atoms with Crippen molar-refractivity contribution in [1.82, 2.24) is 15.1 Å². The molecule has 0 radical (unpaired) electrons. The molecule has 4 nitrogen and oxygen atoms in total. The summed E-state index contributed by atoms with van der Waals surface area (Å²) in [6.07, 6.45) is 1.02. The topological polar surface area (TPSA) is 27.7 Å². The van der Waals surface area contributed by atoms with Crippen LogP contribution in [0.15, 0.2) is 0 Å². The number of piperazine rings is 1. The number of nitrogens with zero attached hydrogens (tertiary/aromatic N) is 2. The Morgan fingerprint density at radius 2 is 2.00 bits per heavy atom. The van der Waals surface area contributed by atoms with Gasteiger partial charge < -0.3 is 19.9 Å². The minimum Gasteiger partial charge on any atom is -0.382 e. The van der Waals surface area contributed by atoms with Gasteiger partial charge in [0.25, 0.3) is 0 Å². The Labute approximate surface area is 104 Å². The summed E-state index contributed by atoms with van der Waals surface area (Å²) in [5.41, 5.74) is 0. The van der Waals surface area contributed by atoms with E-state index in [0.29, 0.717) is 0 Å². The monoisotopic (exact) mass is 245 g/mol. The van der Waals surface area contributed by atoms with Gasteiger partial charge in [-0.25, -0.2) is 0 Å². The largest absolute Gasteiger partial charge is 0.382 e. The van der Waals surface area contributed by atoms with Crippen LogP contribution in [0.2, 0.25) is 0 Å². The molecule has 5 heteroatoms. The van der Waals surface area contributed by atoms with Crippen LogP contribution in [-0.4, -0.2) is 67.9 Å². The molecule has 1 fully saturated rings. The van der Waals surface area contributed by atoms with E-state index in [9.17, 15) is 0 Å². The lowest BCUT2D eigenvalue weighted by atomic mass is 10.3. The van der Waals surface area contributed by atoms with Crippen molar-refractivity contribution in [3.05, 3.63) is 0 Å². The van der Waals surface area contributed by atoms with Crippen LogP contribution in [-0.2, 0) is 4.74 Å². The molecule has 0 aromatic rings. The van der Waals surface area contributed by atoms with E-state index in [1.54, 1.807) is 0 Å². The summed E-state index contributed by atoms with van der Waals surface area (Å²) < 4.78 is 5.27. The molecule has 0 aromatic heterocycles. The van der Waals surface area contributed by atoms with E-state index in [4.69, 9.17) is 17.0 Å². The first kappa shape index (κ1) is 13.7. The van der Waals surface area contributed by atoms with Crippen LogP contribution in [0.25, 0.3) is 0 Å². The van der Waals surface area contributed by atoms with E-state index in [-0.39, 0.29) is 0 Å². The van der Waals surface area contributed by atoms with Gasteiger partial charge in [0.15, 0.2) is 5.11 Å². The van der Waals surface area contributed by atoms with Gasteiger partial charge >= 0.3 is 0 Å². The second kappa shape index (κ2) is 7.81. The van der Waals surface area contributed by atoms with Crippen molar-refractivity contribution in [2.75, 3.05) is 53.0 Å². The van der Waals surface area contributed by atoms with Gasteiger partial charge in [-0.2, -0.15) is 0 Å². The normalized spacial score (nSPS) is 17.5. The van der Waals surface area contributed by atoms with Gasteiger partial charge in [-0.05, 0) is 32.6 Å². The number of thiocarbonyl (C=S) groups is 1. The van der Waals surface area contributed by atoms with Crippen molar-refractivity contribution in [1.29, 1.82) is 0 Å². The Morgan fingerprint density at radius 1 is 1.31 bits per heavy atom. The predicted octanol–water partition coefficient (Wildman–Crippen LogP) is 0.535. The first-order valence-corrected chi connectivity index (χ1v) is 6.44. The van der Waals surface area contributed by atoms with E-state index in [0.717, 1.165) is 57.5 Å². The Morgan fingerprint density at radius 3 is 2.62 bits per heavy atom. The van der Waals surface area contributed by atoms with Gasteiger partial charge in [0.1, 0.15) is 0 Å². The van der Waals surface area contributed by atoms with Crippen LogP contribution in [0, 0.1) is 0 Å². The molecule has 1 rings (SSSR count). The second-order valence-corrected chi connectivity index (χ2v) is 4.46. The fourth-order valence-electron chi connectivity index (χ4n) is 1.64. The minimum absolute atomic E-state index is 0.795. The quantitative estimate of drug-likeness (QED) is 0.563. The van der Waals surface area contributed by atoms with Gasteiger partial charge in [0.2, 0.25) is 0 Å². The van der Waals surface area contributed by atoms with Gasteiger partial charge in [-0.3, -0.25) is 0 Å². The first-order chi connectivity index (χ1) is 7.74. The number of likely N-dealkylation sites (N-methyl/N-ethyl adjacent to an activating group) is 1. The molecule has 0 amide bonds. The van der Waals surface area contributed by atoms with Crippen LogP contribution in [0.4, 0.5) is 0 Å². The van der Waals surface area contributed by atoms with Gasteiger partial charge in [-0.1, -0.05) is 0 Å². The fraction of sp³-hybridized carbons (Fsp3) is 0.909. The molecule has 1 N–H and O–H groups in total. The molecule has 0 atom stereocenters. The smallest absolute Gasteiger partial charge is 0.169 e. The van der Waals surface area contributed by atoms with E-state index >= 15 is 0 Å². The van der Waals surface area contributed by atoms with E-state index in [1.165, 1.54) is 0 Å². The molecule has 1 aliphatic heterocycles. The van der Waals surface area contributed by atoms with Crippen molar-refractivity contribution in [2.45, 2.75) is 13.3 Å². The van der Waals surface area contributed by atoms with Crippen molar-refractivity contribution >= 4 is 17.3 Å². The summed E-state index contributed by atoms with van der Waals surface area (Å²) in [6, 6.07) is 0. The Balaban J connectivity index is 2.06. The summed E-state index contributed by atoms with van der Waals surface area (Å²) in [4.78, 5) is 4.57. The number of hydrogen-bond acceptors (Lipinski definition) is 3. The average Bonchev–Trinajstić information content (AvgIpc) is 2.29. The number of ether oxygens (including phenoxy) is 1. The Kier molecular flexibility index (Phi) is 6.68. The lowest BCUT2D eigenvalue weighted by Gasteiger charge is -2.34. The average molecular weight is 245 g/mol. The zero-order valence-corrected chi connectivity index (χ0v) is 11.2. The zero-order valence-electron chi connectivity index (χ0n) is 10.4. The molecule has 1 heterocycles.